The van der Waals surface area contributed by atoms with Crippen molar-refractivity contribution in [1.29, 1.82) is 0 Å². The molecule has 1 aromatic rings. The predicted octanol–water partition coefficient (Wildman–Crippen LogP) is 0.242. The second kappa shape index (κ2) is 6.36. The van der Waals surface area contributed by atoms with Crippen molar-refractivity contribution in [2.24, 2.45) is 0 Å². The predicted molar refractivity (Wildman–Crippen MR) is 61.3 cm³/mol. The minimum absolute atomic E-state index is 0.0780. The van der Waals surface area contributed by atoms with Crippen LogP contribution in [0.2, 0.25) is 0 Å². The molecule has 2 rings (SSSR count). The summed E-state index contributed by atoms with van der Waals surface area (Å²) in [6.07, 6.45) is 1.51. The van der Waals surface area contributed by atoms with Crippen LogP contribution < -0.4 is 14.8 Å². The molecule has 0 saturated carbocycles. The van der Waals surface area contributed by atoms with Gasteiger partial charge in [-0.1, -0.05) is 0 Å². The van der Waals surface area contributed by atoms with Gasteiger partial charge in [0.1, 0.15) is 19.0 Å². The Kier molecular flexibility index (Phi) is 4.52. The second-order valence-electron chi connectivity index (χ2n) is 3.64. The Balaban J connectivity index is 1.83. The molecule has 0 amide bonds. The third kappa shape index (κ3) is 3.83. The zero-order valence-corrected chi connectivity index (χ0v) is 9.89. The minimum atomic E-state index is 0.0780. The number of hydrogen-bond donors (Lipinski definition) is 1. The van der Waals surface area contributed by atoms with Gasteiger partial charge in [-0.15, -0.1) is 0 Å². The first-order valence-corrected chi connectivity index (χ1v) is 5.78. The van der Waals surface area contributed by atoms with Crippen molar-refractivity contribution in [3.05, 3.63) is 12.4 Å². The zero-order chi connectivity index (χ0) is 11.9. The molecule has 1 unspecified atom stereocenters. The highest BCUT2D eigenvalue weighted by atomic mass is 16.5. The maximum Gasteiger partial charge on any atom is 0.220 e. The molecule has 0 bridgehead atoms. The van der Waals surface area contributed by atoms with Crippen LogP contribution in [-0.2, 0) is 4.74 Å². The maximum atomic E-state index is 5.54. The average molecular weight is 239 g/mol. The first kappa shape index (κ1) is 12.1. The van der Waals surface area contributed by atoms with E-state index in [2.05, 4.69) is 15.3 Å². The Hall–Kier alpha value is -1.40. The molecule has 6 heteroatoms. The molecule has 17 heavy (non-hydrogen) atoms. The van der Waals surface area contributed by atoms with E-state index in [9.17, 15) is 0 Å². The van der Waals surface area contributed by atoms with E-state index in [-0.39, 0.29) is 6.10 Å². The molecular formula is C11H17N3O3. The fourth-order valence-corrected chi connectivity index (χ4v) is 1.53. The summed E-state index contributed by atoms with van der Waals surface area (Å²) in [5.74, 6) is 1.04. The molecule has 2 heterocycles. The van der Waals surface area contributed by atoms with Crippen LogP contribution in [-0.4, -0.2) is 49.0 Å². The largest absolute Gasteiger partial charge is 0.478 e. The summed E-state index contributed by atoms with van der Waals surface area (Å²) >= 11 is 0. The highest BCUT2D eigenvalue weighted by Crippen LogP contribution is 2.13. The molecule has 0 aromatic carbocycles. The van der Waals surface area contributed by atoms with Gasteiger partial charge in [0.2, 0.25) is 11.8 Å². The van der Waals surface area contributed by atoms with Crippen LogP contribution in [0.5, 0.6) is 11.8 Å². The molecule has 1 saturated heterocycles. The van der Waals surface area contributed by atoms with E-state index in [1.54, 1.807) is 6.07 Å². The van der Waals surface area contributed by atoms with E-state index in [0.29, 0.717) is 25.0 Å². The highest BCUT2D eigenvalue weighted by Gasteiger charge is 2.14. The van der Waals surface area contributed by atoms with Gasteiger partial charge in [0.15, 0.2) is 0 Å². The van der Waals surface area contributed by atoms with Crippen LogP contribution in [0.3, 0.4) is 0 Å². The van der Waals surface area contributed by atoms with Crippen molar-refractivity contribution in [3.8, 4) is 11.8 Å². The summed E-state index contributed by atoms with van der Waals surface area (Å²) in [4.78, 5) is 7.98. The minimum Gasteiger partial charge on any atom is -0.478 e. The van der Waals surface area contributed by atoms with Gasteiger partial charge in [-0.3, -0.25) is 0 Å². The summed E-state index contributed by atoms with van der Waals surface area (Å²) in [5, 5.41) is 3.24. The Morgan fingerprint density at radius 3 is 2.94 bits per heavy atom. The summed E-state index contributed by atoms with van der Waals surface area (Å²) in [5.41, 5.74) is 0. The fraction of sp³-hybridized carbons (Fsp3) is 0.636. The lowest BCUT2D eigenvalue weighted by Gasteiger charge is -2.23. The number of hydrogen-bond acceptors (Lipinski definition) is 6. The molecule has 1 N–H and O–H groups in total. The Morgan fingerprint density at radius 1 is 1.41 bits per heavy atom. The molecule has 1 aliphatic rings. The van der Waals surface area contributed by atoms with Crippen molar-refractivity contribution in [3.63, 3.8) is 0 Å². The molecule has 0 aliphatic carbocycles. The van der Waals surface area contributed by atoms with Gasteiger partial charge in [-0.2, -0.15) is 0 Å². The molecule has 1 atom stereocenters. The van der Waals surface area contributed by atoms with Crippen LogP contribution in [0.25, 0.3) is 0 Å². The van der Waals surface area contributed by atoms with Crippen molar-refractivity contribution in [2.45, 2.75) is 13.0 Å². The molecule has 94 valence electrons. The Morgan fingerprint density at radius 2 is 2.24 bits per heavy atom. The van der Waals surface area contributed by atoms with Gasteiger partial charge in [-0.05, 0) is 6.92 Å². The third-order valence-corrected chi connectivity index (χ3v) is 2.33. The van der Waals surface area contributed by atoms with E-state index < -0.39 is 0 Å². The Labute approximate surface area is 100 Å². The van der Waals surface area contributed by atoms with Crippen molar-refractivity contribution in [1.82, 2.24) is 15.3 Å². The number of rotatable bonds is 5. The van der Waals surface area contributed by atoms with Gasteiger partial charge in [0.25, 0.3) is 0 Å². The lowest BCUT2D eigenvalue weighted by atomic mass is 10.3. The molecule has 1 aromatic heterocycles. The lowest BCUT2D eigenvalue weighted by molar-refractivity contribution is -0.000835. The summed E-state index contributed by atoms with van der Waals surface area (Å²) in [6, 6.07) is 1.68. The monoisotopic (exact) mass is 239 g/mol. The van der Waals surface area contributed by atoms with Crippen LogP contribution in [0, 0.1) is 0 Å². The van der Waals surface area contributed by atoms with Crippen molar-refractivity contribution < 1.29 is 14.2 Å². The molecule has 6 nitrogen and oxygen atoms in total. The second-order valence-corrected chi connectivity index (χ2v) is 3.64. The standard InChI is InChI=1S/C11H17N3O3/c1-2-15-10-5-11(14-8-13-10)17-7-9-6-12-3-4-16-9/h5,8-9,12H,2-4,6-7H2,1H3. The molecule has 1 aliphatic heterocycles. The van der Waals surface area contributed by atoms with Gasteiger partial charge in [-0.25, -0.2) is 9.97 Å². The van der Waals surface area contributed by atoms with E-state index in [4.69, 9.17) is 14.2 Å². The quantitative estimate of drug-likeness (QED) is 0.794. The van der Waals surface area contributed by atoms with E-state index in [0.717, 1.165) is 19.7 Å². The fourth-order valence-electron chi connectivity index (χ4n) is 1.53. The first-order chi connectivity index (χ1) is 8.38. The van der Waals surface area contributed by atoms with E-state index in [1.807, 2.05) is 6.92 Å². The van der Waals surface area contributed by atoms with E-state index in [1.165, 1.54) is 6.33 Å². The van der Waals surface area contributed by atoms with Crippen molar-refractivity contribution >= 4 is 0 Å². The number of nitrogens with zero attached hydrogens (tertiary/aromatic N) is 2. The van der Waals surface area contributed by atoms with E-state index >= 15 is 0 Å². The average Bonchev–Trinajstić information content (AvgIpc) is 2.39. The Bertz CT molecular complexity index is 342. The normalized spacial score (nSPS) is 19.9. The number of aromatic nitrogens is 2. The van der Waals surface area contributed by atoms with Crippen LogP contribution in [0.1, 0.15) is 6.92 Å². The van der Waals surface area contributed by atoms with Gasteiger partial charge in [0, 0.05) is 13.1 Å². The molecule has 1 fully saturated rings. The third-order valence-electron chi connectivity index (χ3n) is 2.33. The molecule has 0 radical (unpaired) electrons. The van der Waals surface area contributed by atoms with Crippen molar-refractivity contribution in [2.75, 3.05) is 32.9 Å². The van der Waals surface area contributed by atoms with Crippen LogP contribution in [0.15, 0.2) is 12.4 Å². The highest BCUT2D eigenvalue weighted by molar-refractivity contribution is 5.18. The molecular weight excluding hydrogens is 222 g/mol. The maximum absolute atomic E-state index is 5.54. The first-order valence-electron chi connectivity index (χ1n) is 5.78. The summed E-state index contributed by atoms with van der Waals surface area (Å²) < 4.78 is 16.3. The number of ether oxygens (including phenoxy) is 3. The van der Waals surface area contributed by atoms with Gasteiger partial charge >= 0.3 is 0 Å². The number of morpholine rings is 1. The number of nitrogens with one attached hydrogen (secondary N) is 1. The van der Waals surface area contributed by atoms with Crippen LogP contribution >= 0.6 is 0 Å². The van der Waals surface area contributed by atoms with Gasteiger partial charge in [0.05, 0.1) is 19.3 Å². The lowest BCUT2D eigenvalue weighted by Crippen LogP contribution is -2.41. The topological polar surface area (TPSA) is 65.5 Å². The summed E-state index contributed by atoms with van der Waals surface area (Å²) in [6.45, 7) is 5.40. The summed E-state index contributed by atoms with van der Waals surface area (Å²) in [7, 11) is 0. The SMILES string of the molecule is CCOc1cc(OCC2CNCCO2)ncn1. The van der Waals surface area contributed by atoms with Crippen LogP contribution in [0.4, 0.5) is 0 Å². The van der Waals surface area contributed by atoms with Gasteiger partial charge < -0.3 is 19.5 Å². The zero-order valence-electron chi connectivity index (χ0n) is 9.89. The molecule has 0 spiro atoms. The smallest absolute Gasteiger partial charge is 0.220 e.